The predicted octanol–water partition coefficient (Wildman–Crippen LogP) is 5.06. The largest absolute Gasteiger partial charge is 0.361 e. The van der Waals surface area contributed by atoms with E-state index in [9.17, 15) is 14.4 Å². The number of nitrogens with zero attached hydrogens (tertiary/aromatic N) is 3. The Morgan fingerprint density at radius 1 is 1.11 bits per heavy atom. The van der Waals surface area contributed by atoms with Gasteiger partial charge in [-0.05, 0) is 57.2 Å². The molecular formula is C34H53N5O4S. The molecule has 2 aromatic rings. The first-order chi connectivity index (χ1) is 21.3. The molecule has 1 saturated heterocycles. The van der Waals surface area contributed by atoms with Crippen LogP contribution in [0.2, 0.25) is 0 Å². The molecule has 10 heteroatoms. The molecule has 1 aromatic heterocycles. The molecular weight excluding hydrogens is 574 g/mol. The van der Waals surface area contributed by atoms with Crippen molar-refractivity contribution >= 4 is 29.1 Å². The molecule has 2 heterocycles. The van der Waals surface area contributed by atoms with E-state index in [1.54, 1.807) is 10.3 Å². The number of unbranched alkanes of at least 4 members (excludes halogenated alkanes) is 2. The van der Waals surface area contributed by atoms with Crippen molar-refractivity contribution in [2.45, 2.75) is 97.1 Å². The van der Waals surface area contributed by atoms with Crippen molar-refractivity contribution in [2.75, 3.05) is 40.0 Å². The molecule has 9 nitrogen and oxygen atoms in total. The van der Waals surface area contributed by atoms with Gasteiger partial charge in [0, 0.05) is 31.5 Å². The number of thiazole rings is 1. The lowest BCUT2D eigenvalue weighted by Gasteiger charge is -2.35. The third-order valence-electron chi connectivity index (χ3n) is 8.45. The summed E-state index contributed by atoms with van der Waals surface area (Å²) in [4.78, 5) is 48.3. The van der Waals surface area contributed by atoms with E-state index < -0.39 is 6.04 Å². The minimum atomic E-state index is -0.604. The Hall–Kier alpha value is -2.82. The summed E-state index contributed by atoms with van der Waals surface area (Å²) in [5, 5.41) is 8.74. The zero-order chi connectivity index (χ0) is 31.7. The highest BCUT2D eigenvalue weighted by molar-refractivity contribution is 7.09. The highest BCUT2D eigenvalue weighted by atomic mass is 32.1. The predicted molar refractivity (Wildman–Crippen MR) is 177 cm³/mol. The number of carbonyl (C=O) groups excluding carboxylic acids is 3. The molecule has 1 aliphatic rings. The Labute approximate surface area is 268 Å². The molecule has 3 amide bonds. The first kappa shape index (κ1) is 35.7. The van der Waals surface area contributed by atoms with Crippen molar-refractivity contribution in [3.63, 3.8) is 0 Å². The summed E-state index contributed by atoms with van der Waals surface area (Å²) in [6.07, 6.45) is 8.94. The van der Waals surface area contributed by atoms with Crippen LogP contribution in [0.3, 0.4) is 0 Å². The van der Waals surface area contributed by atoms with Crippen LogP contribution >= 0.6 is 11.3 Å². The van der Waals surface area contributed by atoms with Gasteiger partial charge in [0.1, 0.15) is 18.5 Å². The van der Waals surface area contributed by atoms with E-state index in [1.165, 1.54) is 16.9 Å². The molecule has 244 valence electrons. The number of ether oxygens (including phenoxy) is 1. The number of aryl methyl sites for hydroxylation is 1. The minimum Gasteiger partial charge on any atom is -0.361 e. The van der Waals surface area contributed by atoms with Crippen LogP contribution in [0.25, 0.3) is 0 Å². The Balaban J connectivity index is 1.58. The normalized spacial score (nSPS) is 16.7. The average Bonchev–Trinajstić information content (AvgIpc) is 3.51. The van der Waals surface area contributed by atoms with E-state index in [4.69, 9.17) is 4.74 Å². The zero-order valence-electron chi connectivity index (χ0n) is 27.2. The third kappa shape index (κ3) is 11.6. The molecule has 3 atom stereocenters. The Morgan fingerprint density at radius 2 is 1.91 bits per heavy atom. The fourth-order valence-corrected chi connectivity index (χ4v) is 6.23. The molecule has 1 fully saturated rings. The monoisotopic (exact) mass is 627 g/mol. The molecule has 0 bridgehead atoms. The van der Waals surface area contributed by atoms with Crippen molar-refractivity contribution in [1.82, 2.24) is 25.4 Å². The van der Waals surface area contributed by atoms with Gasteiger partial charge in [-0.2, -0.15) is 0 Å². The number of carbonyl (C=O) groups is 3. The highest BCUT2D eigenvalue weighted by Gasteiger charge is 2.34. The smallest absolute Gasteiger partial charge is 0.270 e. The Morgan fingerprint density at radius 3 is 2.64 bits per heavy atom. The van der Waals surface area contributed by atoms with Crippen LogP contribution < -0.4 is 10.6 Å². The summed E-state index contributed by atoms with van der Waals surface area (Å²) in [6, 6.07) is 9.26. The number of aromatic nitrogens is 1. The van der Waals surface area contributed by atoms with E-state index in [0.717, 1.165) is 62.9 Å². The number of amides is 3. The SMILES string of the molecule is CCCCCOCN(CCCc1nc(C(=O)NCCc2ccccc2)cs1)C(=O)C(NC(=O)C1CCCCN1C)C(C)CC. The van der Waals surface area contributed by atoms with Crippen LogP contribution in [-0.2, 0) is 27.2 Å². The van der Waals surface area contributed by atoms with Gasteiger partial charge in [0.25, 0.3) is 5.91 Å². The second kappa shape index (κ2) is 19.5. The van der Waals surface area contributed by atoms with Crippen molar-refractivity contribution < 1.29 is 19.1 Å². The van der Waals surface area contributed by atoms with Crippen molar-refractivity contribution in [3.8, 4) is 0 Å². The Kier molecular flexibility index (Phi) is 15.8. The first-order valence-electron chi connectivity index (χ1n) is 16.5. The van der Waals surface area contributed by atoms with Crippen molar-refractivity contribution in [1.29, 1.82) is 0 Å². The molecule has 1 aromatic carbocycles. The maximum absolute atomic E-state index is 14.0. The molecule has 1 aliphatic heterocycles. The summed E-state index contributed by atoms with van der Waals surface area (Å²) < 4.78 is 5.95. The summed E-state index contributed by atoms with van der Waals surface area (Å²) in [7, 11) is 1.98. The molecule has 3 unspecified atom stereocenters. The summed E-state index contributed by atoms with van der Waals surface area (Å²) in [6.45, 7) is 8.94. The van der Waals surface area contributed by atoms with E-state index >= 15 is 0 Å². The number of nitrogens with one attached hydrogen (secondary N) is 2. The lowest BCUT2D eigenvalue weighted by Crippen LogP contribution is -2.57. The maximum atomic E-state index is 14.0. The maximum Gasteiger partial charge on any atom is 0.270 e. The highest BCUT2D eigenvalue weighted by Crippen LogP contribution is 2.18. The molecule has 0 saturated carbocycles. The lowest BCUT2D eigenvalue weighted by atomic mass is 9.96. The lowest BCUT2D eigenvalue weighted by molar-refractivity contribution is -0.144. The number of likely N-dealkylation sites (N-methyl/N-ethyl adjacent to an activating group) is 1. The second-order valence-electron chi connectivity index (χ2n) is 11.9. The number of likely N-dealkylation sites (tertiary alicyclic amines) is 1. The van der Waals surface area contributed by atoms with Gasteiger partial charge in [-0.15, -0.1) is 11.3 Å². The zero-order valence-corrected chi connectivity index (χ0v) is 28.0. The number of hydrogen-bond acceptors (Lipinski definition) is 7. The number of rotatable bonds is 19. The molecule has 0 spiro atoms. The third-order valence-corrected chi connectivity index (χ3v) is 9.35. The topological polar surface area (TPSA) is 104 Å². The summed E-state index contributed by atoms with van der Waals surface area (Å²) in [5.41, 5.74) is 1.61. The van der Waals surface area contributed by atoms with Gasteiger partial charge >= 0.3 is 0 Å². The van der Waals surface area contributed by atoms with Gasteiger partial charge in [0.05, 0.1) is 11.0 Å². The van der Waals surface area contributed by atoms with E-state index in [2.05, 4.69) is 27.4 Å². The van der Waals surface area contributed by atoms with Gasteiger partial charge in [-0.1, -0.05) is 76.8 Å². The average molecular weight is 628 g/mol. The molecule has 0 radical (unpaired) electrons. The van der Waals surface area contributed by atoms with Crippen molar-refractivity contribution in [2.24, 2.45) is 5.92 Å². The fraction of sp³-hybridized carbons (Fsp3) is 0.647. The van der Waals surface area contributed by atoms with Crippen molar-refractivity contribution in [3.05, 3.63) is 52.0 Å². The molecule has 44 heavy (non-hydrogen) atoms. The van der Waals surface area contributed by atoms with Gasteiger partial charge in [0.2, 0.25) is 11.8 Å². The van der Waals surface area contributed by atoms with E-state index in [0.29, 0.717) is 38.2 Å². The number of hydrogen-bond donors (Lipinski definition) is 2. The Bertz CT molecular complexity index is 1140. The van der Waals surface area contributed by atoms with Crippen LogP contribution in [0.4, 0.5) is 0 Å². The van der Waals surface area contributed by atoms with Gasteiger partial charge < -0.3 is 20.3 Å². The van der Waals surface area contributed by atoms with Crippen LogP contribution in [0.5, 0.6) is 0 Å². The van der Waals surface area contributed by atoms with Crippen LogP contribution in [0.1, 0.15) is 93.2 Å². The molecule has 0 aliphatic carbocycles. The fourth-order valence-electron chi connectivity index (χ4n) is 5.41. The summed E-state index contributed by atoms with van der Waals surface area (Å²) in [5.74, 6) is -0.340. The quantitative estimate of drug-likeness (QED) is 0.167. The first-order valence-corrected chi connectivity index (χ1v) is 17.4. The standard InChI is InChI=1S/C34H53N5O4S/c1-5-7-13-23-43-25-39(34(42)31(26(3)6-2)37-33(41)29-17-11-12-21-38(29)4)22-14-18-30-36-28(24-44-30)32(40)35-20-19-27-15-9-8-10-16-27/h8-10,15-16,24,26,29,31H,5-7,11-14,17-23,25H2,1-4H3,(H,35,40)(H,37,41). The molecule has 2 N–H and O–H groups in total. The number of benzene rings is 1. The van der Waals surface area contributed by atoms with Gasteiger partial charge in [-0.25, -0.2) is 4.98 Å². The molecule has 3 rings (SSSR count). The summed E-state index contributed by atoms with van der Waals surface area (Å²) >= 11 is 1.47. The van der Waals surface area contributed by atoms with Crippen LogP contribution in [0, 0.1) is 5.92 Å². The van der Waals surface area contributed by atoms with Crippen LogP contribution in [0.15, 0.2) is 35.7 Å². The van der Waals surface area contributed by atoms with Crippen LogP contribution in [-0.4, -0.2) is 84.6 Å². The second-order valence-corrected chi connectivity index (χ2v) is 12.9. The minimum absolute atomic E-state index is 0.00939. The van der Waals surface area contributed by atoms with E-state index in [-0.39, 0.29) is 36.4 Å². The van der Waals surface area contributed by atoms with Gasteiger partial charge in [-0.3, -0.25) is 19.3 Å². The van der Waals surface area contributed by atoms with E-state index in [1.807, 2.05) is 51.2 Å². The number of piperidine rings is 1. The van der Waals surface area contributed by atoms with Gasteiger partial charge in [0.15, 0.2) is 0 Å².